The van der Waals surface area contributed by atoms with Crippen LogP contribution in [0.15, 0.2) is 18.2 Å². The molecule has 0 aliphatic carbocycles. The average molecular weight is 235 g/mol. The van der Waals surface area contributed by atoms with Crippen LogP contribution >= 0.6 is 0 Å². The Morgan fingerprint density at radius 1 is 1.41 bits per heavy atom. The van der Waals surface area contributed by atoms with E-state index in [-0.39, 0.29) is 11.9 Å². The fourth-order valence-electron chi connectivity index (χ4n) is 2.14. The molecule has 0 aliphatic heterocycles. The van der Waals surface area contributed by atoms with Crippen LogP contribution in [0, 0.1) is 11.7 Å². The maximum Gasteiger partial charge on any atom is 0.151 e. The van der Waals surface area contributed by atoms with Crippen molar-refractivity contribution < 1.29 is 4.39 Å². The van der Waals surface area contributed by atoms with E-state index in [1.807, 2.05) is 17.7 Å². The van der Waals surface area contributed by atoms with Gasteiger partial charge in [-0.3, -0.25) is 0 Å². The first-order chi connectivity index (χ1) is 8.00. The van der Waals surface area contributed by atoms with Crippen LogP contribution in [0.3, 0.4) is 0 Å². The van der Waals surface area contributed by atoms with Crippen molar-refractivity contribution in [1.82, 2.24) is 9.55 Å². The van der Waals surface area contributed by atoms with Crippen LogP contribution in [-0.2, 0) is 7.05 Å². The number of hydrogen-bond acceptors (Lipinski definition) is 2. The van der Waals surface area contributed by atoms with Crippen LogP contribution < -0.4 is 5.73 Å². The van der Waals surface area contributed by atoms with Crippen molar-refractivity contribution in [3.63, 3.8) is 0 Å². The summed E-state index contributed by atoms with van der Waals surface area (Å²) in [6, 6.07) is 4.83. The predicted molar refractivity (Wildman–Crippen MR) is 67.1 cm³/mol. The Hall–Kier alpha value is -1.42. The molecule has 0 bridgehead atoms. The van der Waals surface area contributed by atoms with E-state index >= 15 is 0 Å². The minimum Gasteiger partial charge on any atom is -0.330 e. The van der Waals surface area contributed by atoms with Crippen LogP contribution in [0.2, 0.25) is 0 Å². The van der Waals surface area contributed by atoms with E-state index in [9.17, 15) is 4.39 Å². The molecule has 1 atom stereocenters. The molecular formula is C13H18FN3. The normalized spacial score (nSPS) is 13.5. The van der Waals surface area contributed by atoms with Gasteiger partial charge in [0.05, 0.1) is 11.6 Å². The molecule has 0 fully saturated rings. The molecule has 1 heterocycles. The lowest BCUT2D eigenvalue weighted by Gasteiger charge is -2.13. The predicted octanol–water partition coefficient (Wildman–Crippen LogP) is 2.76. The third kappa shape index (κ3) is 2.17. The Bertz CT molecular complexity index is 531. The van der Waals surface area contributed by atoms with Crippen molar-refractivity contribution in [2.24, 2.45) is 18.7 Å². The van der Waals surface area contributed by atoms with E-state index in [1.54, 1.807) is 6.07 Å². The topological polar surface area (TPSA) is 43.8 Å². The summed E-state index contributed by atoms with van der Waals surface area (Å²) in [5.41, 5.74) is 7.30. The van der Waals surface area contributed by atoms with Gasteiger partial charge in [0.25, 0.3) is 0 Å². The van der Waals surface area contributed by atoms with E-state index in [2.05, 4.69) is 18.8 Å². The van der Waals surface area contributed by atoms with Crippen molar-refractivity contribution in [2.75, 3.05) is 0 Å². The van der Waals surface area contributed by atoms with Crippen LogP contribution in [0.5, 0.6) is 0 Å². The van der Waals surface area contributed by atoms with Gasteiger partial charge in [0.15, 0.2) is 5.82 Å². The number of para-hydroxylation sites is 1. The quantitative estimate of drug-likeness (QED) is 0.889. The second-order valence-electron chi connectivity index (χ2n) is 4.87. The number of nitrogens with zero attached hydrogens (tertiary/aromatic N) is 2. The molecule has 92 valence electrons. The molecule has 1 aromatic heterocycles. The summed E-state index contributed by atoms with van der Waals surface area (Å²) >= 11 is 0. The van der Waals surface area contributed by atoms with Gasteiger partial charge in [0.2, 0.25) is 0 Å². The minimum atomic E-state index is -0.291. The number of fused-ring (bicyclic) bond motifs is 1. The maximum atomic E-state index is 13.6. The standard InChI is InChI=1S/C13H18FN3/c1-8(2)7-10(15)13-16-12-9(14)5-4-6-11(12)17(13)3/h4-6,8,10H,7,15H2,1-3H3. The van der Waals surface area contributed by atoms with Crippen molar-refractivity contribution in [1.29, 1.82) is 0 Å². The SMILES string of the molecule is CC(C)CC(N)c1nc2c(F)cccc2n1C. The van der Waals surface area contributed by atoms with Gasteiger partial charge in [-0.25, -0.2) is 9.37 Å². The Balaban J connectivity index is 2.48. The van der Waals surface area contributed by atoms with Gasteiger partial charge in [-0.05, 0) is 24.5 Å². The molecule has 3 nitrogen and oxygen atoms in total. The number of rotatable bonds is 3. The second kappa shape index (κ2) is 4.45. The number of halogens is 1. The molecule has 1 aromatic carbocycles. The second-order valence-corrected chi connectivity index (χ2v) is 4.87. The number of aryl methyl sites for hydroxylation is 1. The van der Waals surface area contributed by atoms with E-state index < -0.39 is 0 Å². The van der Waals surface area contributed by atoms with E-state index in [4.69, 9.17) is 5.73 Å². The van der Waals surface area contributed by atoms with Crippen LogP contribution in [0.4, 0.5) is 4.39 Å². The zero-order chi connectivity index (χ0) is 12.6. The molecule has 0 aliphatic rings. The number of benzene rings is 1. The molecule has 0 saturated heterocycles. The van der Waals surface area contributed by atoms with Crippen LogP contribution in [0.1, 0.15) is 32.1 Å². The number of aromatic nitrogens is 2. The summed E-state index contributed by atoms with van der Waals surface area (Å²) < 4.78 is 15.5. The van der Waals surface area contributed by atoms with Gasteiger partial charge < -0.3 is 10.3 Å². The third-order valence-corrected chi connectivity index (χ3v) is 2.95. The lowest BCUT2D eigenvalue weighted by Crippen LogP contribution is -2.17. The Kier molecular flexibility index (Phi) is 3.15. The number of imidazole rings is 1. The lowest BCUT2D eigenvalue weighted by atomic mass is 10.0. The van der Waals surface area contributed by atoms with Gasteiger partial charge in [0.1, 0.15) is 11.3 Å². The fraction of sp³-hybridized carbons (Fsp3) is 0.462. The van der Waals surface area contributed by atoms with Crippen molar-refractivity contribution in [3.05, 3.63) is 29.8 Å². The molecule has 17 heavy (non-hydrogen) atoms. The molecule has 2 aromatic rings. The summed E-state index contributed by atoms with van der Waals surface area (Å²) in [5.74, 6) is 0.953. The summed E-state index contributed by atoms with van der Waals surface area (Å²) in [6.45, 7) is 4.23. The fourth-order valence-corrected chi connectivity index (χ4v) is 2.14. The molecule has 4 heteroatoms. The number of hydrogen-bond donors (Lipinski definition) is 1. The largest absolute Gasteiger partial charge is 0.330 e. The first kappa shape index (κ1) is 12.0. The molecule has 0 amide bonds. The highest BCUT2D eigenvalue weighted by Gasteiger charge is 2.17. The molecule has 1 unspecified atom stereocenters. The van der Waals surface area contributed by atoms with Gasteiger partial charge in [-0.15, -0.1) is 0 Å². The molecule has 0 saturated carbocycles. The molecule has 2 N–H and O–H groups in total. The Morgan fingerprint density at radius 3 is 2.71 bits per heavy atom. The Labute approximate surface area is 100 Å². The molecule has 2 rings (SSSR count). The zero-order valence-corrected chi connectivity index (χ0v) is 10.4. The summed E-state index contributed by atoms with van der Waals surface area (Å²) in [5, 5.41) is 0. The molecule has 0 radical (unpaired) electrons. The first-order valence-electron chi connectivity index (χ1n) is 5.87. The maximum absolute atomic E-state index is 13.6. The van der Waals surface area contributed by atoms with Gasteiger partial charge in [-0.2, -0.15) is 0 Å². The summed E-state index contributed by atoms with van der Waals surface area (Å²) in [4.78, 5) is 4.33. The lowest BCUT2D eigenvalue weighted by molar-refractivity contribution is 0.485. The van der Waals surface area contributed by atoms with Gasteiger partial charge in [-0.1, -0.05) is 19.9 Å². The summed E-state index contributed by atoms with van der Waals surface area (Å²) in [7, 11) is 1.88. The van der Waals surface area contributed by atoms with E-state index in [0.717, 1.165) is 17.8 Å². The van der Waals surface area contributed by atoms with E-state index in [1.165, 1.54) is 6.07 Å². The smallest absolute Gasteiger partial charge is 0.151 e. The summed E-state index contributed by atoms with van der Waals surface area (Å²) in [6.07, 6.45) is 0.846. The molecule has 0 spiro atoms. The van der Waals surface area contributed by atoms with Crippen LogP contribution in [0.25, 0.3) is 11.0 Å². The van der Waals surface area contributed by atoms with Crippen molar-refractivity contribution in [2.45, 2.75) is 26.3 Å². The van der Waals surface area contributed by atoms with Crippen molar-refractivity contribution in [3.8, 4) is 0 Å². The Morgan fingerprint density at radius 2 is 2.12 bits per heavy atom. The van der Waals surface area contributed by atoms with Gasteiger partial charge in [0, 0.05) is 7.05 Å². The average Bonchev–Trinajstić information content (AvgIpc) is 2.57. The minimum absolute atomic E-state index is 0.146. The number of nitrogens with two attached hydrogens (primary N) is 1. The monoisotopic (exact) mass is 235 g/mol. The highest BCUT2D eigenvalue weighted by atomic mass is 19.1. The first-order valence-corrected chi connectivity index (χ1v) is 5.87. The highest BCUT2D eigenvalue weighted by Crippen LogP contribution is 2.23. The van der Waals surface area contributed by atoms with Crippen LogP contribution in [-0.4, -0.2) is 9.55 Å². The molecular weight excluding hydrogens is 217 g/mol. The van der Waals surface area contributed by atoms with Crippen molar-refractivity contribution >= 4 is 11.0 Å². The zero-order valence-electron chi connectivity index (χ0n) is 10.4. The third-order valence-electron chi connectivity index (χ3n) is 2.95. The van der Waals surface area contributed by atoms with Gasteiger partial charge >= 0.3 is 0 Å². The highest BCUT2D eigenvalue weighted by molar-refractivity contribution is 5.76. The van der Waals surface area contributed by atoms with E-state index in [0.29, 0.717) is 11.4 Å².